The van der Waals surface area contributed by atoms with E-state index in [-0.39, 0.29) is 5.56 Å². The molecule has 0 aliphatic rings. The number of primary amides is 1. The fraction of sp³-hybridized carbons (Fsp3) is 0.167. The molecule has 0 spiro atoms. The molecule has 2 N–H and O–H groups in total. The molecule has 0 heterocycles. The van der Waals surface area contributed by atoms with E-state index in [0.29, 0.717) is 4.47 Å². The Morgan fingerprint density at radius 1 is 1.50 bits per heavy atom. The minimum Gasteiger partial charge on any atom is -0.449 e. The molecule has 0 aliphatic carbocycles. The molecule has 1 aromatic carbocycles. The quantitative estimate of drug-likeness (QED) is 0.682. The van der Waals surface area contributed by atoms with Crippen molar-refractivity contribution in [2.24, 2.45) is 5.73 Å². The molecule has 1 atom stereocenters. The number of hydrogen-bond acceptors (Lipinski definition) is 3. The van der Waals surface area contributed by atoms with Gasteiger partial charge in [-0.3, -0.25) is 4.79 Å². The number of carbonyl (C=O) groups excluding carboxylic acids is 2. The molecule has 1 rings (SSSR count). The van der Waals surface area contributed by atoms with Gasteiger partial charge in [0.05, 0.1) is 0 Å². The van der Waals surface area contributed by atoms with Crippen LogP contribution in [0.4, 0.5) is 4.39 Å². The molecule has 0 unspecified atom stereocenters. The predicted molar refractivity (Wildman–Crippen MR) is 67.9 cm³/mol. The summed E-state index contributed by atoms with van der Waals surface area (Å²) in [5, 5.41) is 0. The summed E-state index contributed by atoms with van der Waals surface area (Å²) in [6.45, 7) is 1.35. The summed E-state index contributed by atoms with van der Waals surface area (Å²) in [7, 11) is 0. The zero-order valence-corrected chi connectivity index (χ0v) is 11.1. The van der Waals surface area contributed by atoms with E-state index in [4.69, 9.17) is 5.73 Å². The van der Waals surface area contributed by atoms with Gasteiger partial charge < -0.3 is 10.5 Å². The number of benzene rings is 1. The first kappa shape index (κ1) is 14.4. The Morgan fingerprint density at radius 3 is 2.78 bits per heavy atom. The number of rotatable bonds is 4. The molecule has 0 bridgehead atoms. The molecule has 96 valence electrons. The minimum absolute atomic E-state index is 0.230. The van der Waals surface area contributed by atoms with Gasteiger partial charge in [-0.25, -0.2) is 9.18 Å². The lowest BCUT2D eigenvalue weighted by atomic mass is 10.2. The van der Waals surface area contributed by atoms with Crippen LogP contribution in [0.25, 0.3) is 6.08 Å². The fourth-order valence-electron chi connectivity index (χ4n) is 1.07. The normalized spacial score (nSPS) is 12.4. The summed E-state index contributed by atoms with van der Waals surface area (Å²) in [6.07, 6.45) is 1.27. The van der Waals surface area contributed by atoms with E-state index >= 15 is 0 Å². The minimum atomic E-state index is -1.02. The lowest BCUT2D eigenvalue weighted by molar-refractivity contribution is -0.148. The molecular formula is C12H11BrFNO3. The number of amides is 1. The lowest BCUT2D eigenvalue weighted by Crippen LogP contribution is -2.29. The predicted octanol–water partition coefficient (Wildman–Crippen LogP) is 2.02. The average Bonchev–Trinajstić information content (AvgIpc) is 2.30. The monoisotopic (exact) mass is 315 g/mol. The number of ether oxygens (including phenoxy) is 1. The van der Waals surface area contributed by atoms with Crippen LogP contribution in [0.15, 0.2) is 28.7 Å². The highest BCUT2D eigenvalue weighted by Crippen LogP contribution is 2.16. The summed E-state index contributed by atoms with van der Waals surface area (Å²) in [4.78, 5) is 21.9. The Bertz CT molecular complexity index is 502. The Kier molecular flexibility index (Phi) is 5.03. The van der Waals surface area contributed by atoms with Gasteiger partial charge in [-0.1, -0.05) is 15.9 Å². The number of halogens is 2. The molecule has 0 saturated heterocycles. The van der Waals surface area contributed by atoms with Gasteiger partial charge in [0.25, 0.3) is 5.91 Å². The number of hydrogen-bond donors (Lipinski definition) is 1. The van der Waals surface area contributed by atoms with Gasteiger partial charge in [-0.05, 0) is 31.2 Å². The van der Waals surface area contributed by atoms with Gasteiger partial charge in [-0.2, -0.15) is 0 Å². The molecule has 18 heavy (non-hydrogen) atoms. The van der Waals surface area contributed by atoms with E-state index in [0.717, 1.165) is 6.08 Å². The number of carbonyl (C=O) groups is 2. The first-order valence-electron chi connectivity index (χ1n) is 5.03. The standard InChI is InChI=1S/C12H11BrFNO3/c1-7(12(15)17)18-11(16)5-2-8-6-9(13)3-4-10(8)14/h2-7H,1H3,(H2,15,17)/b5-2+/t7-/m1/s1. The third-order valence-corrected chi connectivity index (χ3v) is 2.54. The Morgan fingerprint density at radius 2 is 2.17 bits per heavy atom. The van der Waals surface area contributed by atoms with E-state index in [1.807, 2.05) is 0 Å². The summed E-state index contributed by atoms with van der Waals surface area (Å²) in [5.41, 5.74) is 5.16. The second kappa shape index (κ2) is 6.30. The first-order chi connectivity index (χ1) is 8.40. The third kappa shape index (κ3) is 4.29. The highest BCUT2D eigenvalue weighted by molar-refractivity contribution is 9.10. The van der Waals surface area contributed by atoms with Crippen molar-refractivity contribution in [2.45, 2.75) is 13.0 Å². The first-order valence-corrected chi connectivity index (χ1v) is 5.82. The van der Waals surface area contributed by atoms with Crippen molar-refractivity contribution in [2.75, 3.05) is 0 Å². The smallest absolute Gasteiger partial charge is 0.331 e. The topological polar surface area (TPSA) is 69.4 Å². The summed E-state index contributed by atoms with van der Waals surface area (Å²) < 4.78 is 18.7. The average molecular weight is 316 g/mol. The highest BCUT2D eigenvalue weighted by Gasteiger charge is 2.12. The maximum absolute atomic E-state index is 13.3. The Hall–Kier alpha value is -1.69. The van der Waals surface area contributed by atoms with E-state index < -0.39 is 23.8 Å². The molecule has 0 aromatic heterocycles. The maximum Gasteiger partial charge on any atom is 0.331 e. The molecule has 0 radical (unpaired) electrons. The fourth-order valence-corrected chi connectivity index (χ4v) is 1.45. The van der Waals surface area contributed by atoms with Crippen molar-refractivity contribution in [3.8, 4) is 0 Å². The SMILES string of the molecule is C[C@@H](OC(=O)/C=C/c1cc(Br)ccc1F)C(N)=O. The van der Waals surface area contributed by atoms with Crippen molar-refractivity contribution in [1.82, 2.24) is 0 Å². The van der Waals surface area contributed by atoms with Gasteiger partial charge in [0.2, 0.25) is 0 Å². The van der Waals surface area contributed by atoms with Crippen molar-refractivity contribution in [3.63, 3.8) is 0 Å². The van der Waals surface area contributed by atoms with Crippen molar-refractivity contribution in [3.05, 3.63) is 40.1 Å². The van der Waals surface area contributed by atoms with E-state index in [1.165, 1.54) is 25.1 Å². The molecule has 1 amide bonds. The van der Waals surface area contributed by atoms with Gasteiger partial charge in [0.15, 0.2) is 6.10 Å². The zero-order chi connectivity index (χ0) is 13.7. The van der Waals surface area contributed by atoms with Crippen LogP contribution >= 0.6 is 15.9 Å². The van der Waals surface area contributed by atoms with Crippen LogP contribution in [0.5, 0.6) is 0 Å². The summed E-state index contributed by atoms with van der Waals surface area (Å²) in [5.74, 6) is -1.98. The number of esters is 1. The largest absolute Gasteiger partial charge is 0.449 e. The van der Waals surface area contributed by atoms with Gasteiger partial charge in [0, 0.05) is 16.1 Å². The van der Waals surface area contributed by atoms with Crippen molar-refractivity contribution >= 4 is 33.9 Å². The highest BCUT2D eigenvalue weighted by atomic mass is 79.9. The second-order valence-electron chi connectivity index (χ2n) is 3.48. The van der Waals surface area contributed by atoms with Crippen LogP contribution in [0.2, 0.25) is 0 Å². The van der Waals surface area contributed by atoms with Crippen molar-refractivity contribution in [1.29, 1.82) is 0 Å². The van der Waals surface area contributed by atoms with Crippen LogP contribution in [0, 0.1) is 5.82 Å². The third-order valence-electron chi connectivity index (χ3n) is 2.05. The summed E-state index contributed by atoms with van der Waals surface area (Å²) in [6, 6.07) is 4.32. The number of nitrogens with two attached hydrogens (primary N) is 1. The van der Waals surface area contributed by atoms with Gasteiger partial charge in [-0.15, -0.1) is 0 Å². The Balaban J connectivity index is 2.72. The summed E-state index contributed by atoms with van der Waals surface area (Å²) >= 11 is 3.18. The second-order valence-corrected chi connectivity index (χ2v) is 4.40. The van der Waals surface area contributed by atoms with Gasteiger partial charge >= 0.3 is 5.97 Å². The van der Waals surface area contributed by atoms with Crippen LogP contribution in [-0.2, 0) is 14.3 Å². The zero-order valence-electron chi connectivity index (χ0n) is 9.52. The molecule has 0 aliphatic heterocycles. The van der Waals surface area contributed by atoms with Crippen LogP contribution < -0.4 is 5.73 Å². The Labute approximate surface area is 112 Å². The van der Waals surface area contributed by atoms with Gasteiger partial charge in [0.1, 0.15) is 5.82 Å². The molecule has 6 heteroatoms. The van der Waals surface area contributed by atoms with Crippen LogP contribution in [-0.4, -0.2) is 18.0 Å². The van der Waals surface area contributed by atoms with E-state index in [9.17, 15) is 14.0 Å². The van der Waals surface area contributed by atoms with Crippen molar-refractivity contribution < 1.29 is 18.7 Å². The maximum atomic E-state index is 13.3. The molecule has 0 fully saturated rings. The molecular weight excluding hydrogens is 305 g/mol. The van der Waals surface area contributed by atoms with E-state index in [2.05, 4.69) is 20.7 Å². The molecule has 4 nitrogen and oxygen atoms in total. The molecule has 1 aromatic rings. The van der Waals surface area contributed by atoms with Crippen LogP contribution in [0.1, 0.15) is 12.5 Å². The van der Waals surface area contributed by atoms with Crippen LogP contribution in [0.3, 0.4) is 0 Å². The van der Waals surface area contributed by atoms with E-state index in [1.54, 1.807) is 6.07 Å². The lowest BCUT2D eigenvalue weighted by Gasteiger charge is -2.06. The molecule has 0 saturated carbocycles.